The van der Waals surface area contributed by atoms with E-state index in [2.05, 4.69) is 227 Å². The Balaban J connectivity index is 1.02. The SMILES string of the molecule is Cc1cc(C(C)(C)C)cc(C)c1-c1ccnc(-n2c3ccc(C(C)(C)C)cc3c3ccc(Oc4cccc(N5CN(c6cccc(-c7ccccc7)c6)c6ccccc65)c4)cc32)c1. The van der Waals surface area contributed by atoms with E-state index in [1.165, 1.54) is 50.0 Å². The first kappa shape index (κ1) is 40.0. The largest absolute Gasteiger partial charge is 0.457 e. The van der Waals surface area contributed by atoms with Gasteiger partial charge in [0.2, 0.25) is 0 Å². The van der Waals surface area contributed by atoms with Gasteiger partial charge >= 0.3 is 0 Å². The van der Waals surface area contributed by atoms with Crippen LogP contribution < -0.4 is 14.5 Å². The number of fused-ring (bicyclic) bond motifs is 4. The predicted molar refractivity (Wildman–Crippen MR) is 265 cm³/mol. The van der Waals surface area contributed by atoms with E-state index in [1.807, 2.05) is 12.3 Å². The van der Waals surface area contributed by atoms with E-state index in [4.69, 9.17) is 9.72 Å². The van der Waals surface area contributed by atoms with E-state index >= 15 is 0 Å². The van der Waals surface area contributed by atoms with Gasteiger partial charge in [-0.1, -0.05) is 120 Å². The summed E-state index contributed by atoms with van der Waals surface area (Å²) in [6.45, 7) is 18.8. The van der Waals surface area contributed by atoms with Crippen LogP contribution in [0.15, 0.2) is 170 Å². The highest BCUT2D eigenvalue weighted by Crippen LogP contribution is 2.46. The second-order valence-electron chi connectivity index (χ2n) is 19.1. The predicted octanol–water partition coefficient (Wildman–Crippen LogP) is 15.8. The van der Waals surface area contributed by atoms with Gasteiger partial charge in [0, 0.05) is 40.5 Å². The van der Waals surface area contributed by atoms with Crippen molar-refractivity contribution < 1.29 is 4.74 Å². The highest BCUT2D eigenvalue weighted by molar-refractivity contribution is 6.10. The smallest absolute Gasteiger partial charge is 0.138 e. The average molecular weight is 823 g/mol. The van der Waals surface area contributed by atoms with Crippen molar-refractivity contribution in [1.82, 2.24) is 9.55 Å². The summed E-state index contributed by atoms with van der Waals surface area (Å²) < 4.78 is 9.11. The number of ether oxygens (including phenoxy) is 1. The van der Waals surface area contributed by atoms with E-state index in [1.54, 1.807) is 0 Å². The second kappa shape index (κ2) is 15.4. The highest BCUT2D eigenvalue weighted by atomic mass is 16.5. The van der Waals surface area contributed by atoms with Crippen LogP contribution in [0, 0.1) is 13.8 Å². The topological polar surface area (TPSA) is 33.5 Å². The first-order chi connectivity index (χ1) is 30.3. The van der Waals surface area contributed by atoms with Crippen molar-refractivity contribution in [2.24, 2.45) is 0 Å². The van der Waals surface area contributed by atoms with Gasteiger partial charge in [-0.25, -0.2) is 4.98 Å². The summed E-state index contributed by atoms with van der Waals surface area (Å²) in [6.07, 6.45) is 1.95. The van der Waals surface area contributed by atoms with Crippen molar-refractivity contribution in [3.63, 3.8) is 0 Å². The van der Waals surface area contributed by atoms with Crippen LogP contribution in [0.4, 0.5) is 22.7 Å². The third kappa shape index (κ3) is 7.42. The van der Waals surface area contributed by atoms with Gasteiger partial charge in [-0.2, -0.15) is 0 Å². The Bertz CT molecular complexity index is 3160. The molecule has 9 aromatic rings. The Morgan fingerprint density at radius 2 is 1.11 bits per heavy atom. The van der Waals surface area contributed by atoms with Crippen LogP contribution in [-0.2, 0) is 10.8 Å². The normalized spacial score (nSPS) is 13.0. The molecular formula is C58H54N4O. The van der Waals surface area contributed by atoms with Gasteiger partial charge in [-0.15, -0.1) is 0 Å². The molecule has 0 amide bonds. The minimum Gasteiger partial charge on any atom is -0.457 e. The Morgan fingerprint density at radius 1 is 0.476 bits per heavy atom. The first-order valence-electron chi connectivity index (χ1n) is 22.0. The van der Waals surface area contributed by atoms with Gasteiger partial charge in [0.1, 0.15) is 24.0 Å². The van der Waals surface area contributed by atoms with Crippen molar-refractivity contribution in [3.8, 4) is 39.6 Å². The number of pyridine rings is 1. The molecule has 0 spiro atoms. The Hall–Kier alpha value is -7.11. The van der Waals surface area contributed by atoms with Crippen molar-refractivity contribution in [2.75, 3.05) is 16.5 Å². The molecule has 7 aromatic carbocycles. The Kier molecular flexibility index (Phi) is 9.75. The molecule has 0 fully saturated rings. The lowest BCUT2D eigenvalue weighted by molar-refractivity contribution is 0.483. The van der Waals surface area contributed by atoms with E-state index in [0.29, 0.717) is 6.67 Å². The van der Waals surface area contributed by atoms with Crippen LogP contribution >= 0.6 is 0 Å². The zero-order chi connectivity index (χ0) is 43.6. The Labute approximate surface area is 371 Å². The molecule has 10 rings (SSSR count). The van der Waals surface area contributed by atoms with Crippen molar-refractivity contribution in [2.45, 2.75) is 66.2 Å². The minimum atomic E-state index is 0.00219. The van der Waals surface area contributed by atoms with Crippen LogP contribution in [0.5, 0.6) is 11.5 Å². The molecule has 0 saturated carbocycles. The third-order valence-electron chi connectivity index (χ3n) is 12.6. The summed E-state index contributed by atoms with van der Waals surface area (Å²) in [4.78, 5) is 9.80. The summed E-state index contributed by atoms with van der Waals surface area (Å²) in [5, 5.41) is 2.36. The highest BCUT2D eigenvalue weighted by Gasteiger charge is 2.28. The average Bonchev–Trinajstić information content (AvgIpc) is 3.82. The number of aryl methyl sites for hydroxylation is 2. The standard InChI is InChI=1S/C58H54N4O/c1-38-30-44(58(6,7)8)31-39(2)56(38)42-28-29-59-55(33-42)62-51-27-24-43(57(3,4)5)34-50(51)49-26-25-48(36-54(49)62)63-47-21-15-20-46(35-47)61-37-60(52-22-12-13-23-53(52)61)45-19-14-18-41(32-45)40-16-10-9-11-17-40/h9-36H,37H2,1-8H3. The molecule has 2 aromatic heterocycles. The summed E-state index contributed by atoms with van der Waals surface area (Å²) in [7, 11) is 0. The molecule has 312 valence electrons. The van der Waals surface area contributed by atoms with Gasteiger partial charge < -0.3 is 14.5 Å². The van der Waals surface area contributed by atoms with E-state index in [0.717, 1.165) is 56.4 Å². The molecule has 0 radical (unpaired) electrons. The fourth-order valence-corrected chi connectivity index (χ4v) is 9.32. The molecule has 0 N–H and O–H groups in total. The second-order valence-corrected chi connectivity index (χ2v) is 19.1. The molecular weight excluding hydrogens is 769 g/mol. The van der Waals surface area contributed by atoms with Gasteiger partial charge in [-0.3, -0.25) is 4.57 Å². The maximum atomic E-state index is 6.80. The summed E-state index contributed by atoms with van der Waals surface area (Å²) in [6, 6.07) is 58.9. The van der Waals surface area contributed by atoms with Crippen molar-refractivity contribution in [3.05, 3.63) is 192 Å². The monoisotopic (exact) mass is 822 g/mol. The quantitative estimate of drug-likeness (QED) is 0.160. The number of anilines is 4. The minimum absolute atomic E-state index is 0.00219. The number of para-hydroxylation sites is 2. The number of nitrogens with zero attached hydrogens (tertiary/aromatic N) is 4. The number of rotatable bonds is 7. The summed E-state index contributed by atoms with van der Waals surface area (Å²) in [5.41, 5.74) is 16.8. The number of aromatic nitrogens is 2. The van der Waals surface area contributed by atoms with Crippen molar-refractivity contribution >= 4 is 44.6 Å². The number of hydrogen-bond acceptors (Lipinski definition) is 4. The lowest BCUT2D eigenvalue weighted by Crippen LogP contribution is -2.23. The molecule has 0 saturated heterocycles. The first-order valence-corrected chi connectivity index (χ1v) is 22.0. The van der Waals surface area contributed by atoms with Gasteiger partial charge in [-0.05, 0) is 142 Å². The maximum Gasteiger partial charge on any atom is 0.138 e. The lowest BCUT2D eigenvalue weighted by Gasteiger charge is -2.23. The lowest BCUT2D eigenvalue weighted by atomic mass is 9.83. The number of benzene rings is 7. The summed E-state index contributed by atoms with van der Waals surface area (Å²) >= 11 is 0. The van der Waals surface area contributed by atoms with Gasteiger partial charge in [0.15, 0.2) is 0 Å². The molecule has 5 nitrogen and oxygen atoms in total. The van der Waals surface area contributed by atoms with Crippen LogP contribution in [0.25, 0.3) is 49.9 Å². The van der Waals surface area contributed by atoms with E-state index in [-0.39, 0.29) is 10.8 Å². The number of hydrogen-bond donors (Lipinski definition) is 0. The molecule has 0 atom stereocenters. The molecule has 5 heteroatoms. The van der Waals surface area contributed by atoms with Crippen LogP contribution in [0.2, 0.25) is 0 Å². The van der Waals surface area contributed by atoms with Crippen LogP contribution in [0.1, 0.15) is 63.8 Å². The molecule has 0 aliphatic carbocycles. The van der Waals surface area contributed by atoms with Crippen molar-refractivity contribution in [1.29, 1.82) is 0 Å². The zero-order valence-corrected chi connectivity index (χ0v) is 37.6. The molecule has 0 unspecified atom stereocenters. The van der Waals surface area contributed by atoms with E-state index < -0.39 is 0 Å². The molecule has 1 aliphatic rings. The third-order valence-corrected chi connectivity index (χ3v) is 12.6. The Morgan fingerprint density at radius 3 is 1.81 bits per heavy atom. The maximum absolute atomic E-state index is 6.80. The fourth-order valence-electron chi connectivity index (χ4n) is 9.32. The fraction of sp³-hybridized carbons (Fsp3) is 0.190. The van der Waals surface area contributed by atoms with Gasteiger partial charge in [0.05, 0.1) is 22.4 Å². The van der Waals surface area contributed by atoms with Crippen LogP contribution in [-0.4, -0.2) is 16.2 Å². The molecule has 63 heavy (non-hydrogen) atoms. The van der Waals surface area contributed by atoms with Crippen LogP contribution in [0.3, 0.4) is 0 Å². The van der Waals surface area contributed by atoms with Gasteiger partial charge in [0.25, 0.3) is 0 Å². The molecule has 0 bridgehead atoms. The zero-order valence-electron chi connectivity index (χ0n) is 37.6. The van der Waals surface area contributed by atoms with E-state index in [9.17, 15) is 0 Å². The summed E-state index contributed by atoms with van der Waals surface area (Å²) in [5.74, 6) is 2.42. The molecule has 1 aliphatic heterocycles. The molecule has 3 heterocycles.